The molecule has 5 nitrogen and oxygen atoms in total. The Hall–Kier alpha value is -1.10. The molecule has 1 atom stereocenters. The number of rotatable bonds is 5. The van der Waals surface area contributed by atoms with Gasteiger partial charge in [-0.25, -0.2) is 0 Å². The van der Waals surface area contributed by atoms with Gasteiger partial charge in [-0.05, 0) is 46.6 Å². The summed E-state index contributed by atoms with van der Waals surface area (Å²) < 4.78 is 0. The highest BCUT2D eigenvalue weighted by molar-refractivity contribution is 5.82. The minimum Gasteiger partial charge on any atom is -0.480 e. The van der Waals surface area contributed by atoms with Gasteiger partial charge in [0, 0.05) is 18.0 Å². The van der Waals surface area contributed by atoms with Gasteiger partial charge in [0.25, 0.3) is 0 Å². The van der Waals surface area contributed by atoms with Crippen LogP contribution >= 0.6 is 0 Å². The lowest BCUT2D eigenvalue weighted by molar-refractivity contribution is -0.148. The molecule has 0 radical (unpaired) electrons. The van der Waals surface area contributed by atoms with Crippen LogP contribution in [-0.4, -0.2) is 46.6 Å². The van der Waals surface area contributed by atoms with Gasteiger partial charge in [0.05, 0.1) is 0 Å². The number of nitrogens with zero attached hydrogens (tertiary/aromatic N) is 1. The Morgan fingerprint density at radius 3 is 2.47 bits per heavy atom. The largest absolute Gasteiger partial charge is 0.480 e. The maximum Gasteiger partial charge on any atom is 0.323 e. The smallest absolute Gasteiger partial charge is 0.323 e. The monoisotopic (exact) mass is 270 g/mol. The Labute approximate surface area is 115 Å². The van der Waals surface area contributed by atoms with E-state index >= 15 is 0 Å². The normalized spacial score (nSPS) is 20.1. The second-order valence-electron chi connectivity index (χ2n) is 6.23. The number of aliphatic carboxylic acids is 1. The molecule has 2 N–H and O–H groups in total. The third-order valence-electron chi connectivity index (χ3n) is 3.52. The van der Waals surface area contributed by atoms with Crippen LogP contribution < -0.4 is 5.32 Å². The van der Waals surface area contributed by atoms with Crippen molar-refractivity contribution in [3.05, 3.63) is 0 Å². The molecule has 0 spiro atoms. The topological polar surface area (TPSA) is 69.6 Å². The number of hydrogen-bond acceptors (Lipinski definition) is 3. The van der Waals surface area contributed by atoms with Gasteiger partial charge in [-0.15, -0.1) is 0 Å². The fourth-order valence-electron chi connectivity index (χ4n) is 2.44. The van der Waals surface area contributed by atoms with Crippen molar-refractivity contribution in [1.82, 2.24) is 10.2 Å². The molecular formula is C14H26N2O3. The van der Waals surface area contributed by atoms with E-state index in [-0.39, 0.29) is 12.5 Å². The highest BCUT2D eigenvalue weighted by Gasteiger charge is 2.28. The number of carboxylic acid groups (broad SMARTS) is 1. The van der Waals surface area contributed by atoms with Crippen LogP contribution in [0.3, 0.4) is 0 Å². The van der Waals surface area contributed by atoms with Gasteiger partial charge >= 0.3 is 5.97 Å². The Kier molecular flexibility index (Phi) is 5.79. The molecular weight excluding hydrogens is 244 g/mol. The second kappa shape index (κ2) is 6.89. The lowest BCUT2D eigenvalue weighted by Crippen LogP contribution is -2.48. The van der Waals surface area contributed by atoms with E-state index in [4.69, 9.17) is 5.11 Å². The maximum atomic E-state index is 12.2. The second-order valence-corrected chi connectivity index (χ2v) is 6.23. The van der Waals surface area contributed by atoms with Crippen molar-refractivity contribution in [1.29, 1.82) is 0 Å². The number of carboxylic acids is 1. The van der Waals surface area contributed by atoms with E-state index in [9.17, 15) is 9.59 Å². The van der Waals surface area contributed by atoms with Crippen LogP contribution in [0.15, 0.2) is 0 Å². The Morgan fingerprint density at radius 2 is 2.00 bits per heavy atom. The number of amides is 1. The van der Waals surface area contributed by atoms with Gasteiger partial charge < -0.3 is 15.3 Å². The SMILES string of the molecule is CC(C)(C)N(CC(=O)O)C(=O)CCC1CCCCN1. The highest BCUT2D eigenvalue weighted by atomic mass is 16.4. The van der Waals surface area contributed by atoms with E-state index in [1.54, 1.807) is 0 Å². The molecule has 5 heteroatoms. The van der Waals surface area contributed by atoms with Crippen molar-refractivity contribution < 1.29 is 14.7 Å². The average Bonchev–Trinajstić information content (AvgIpc) is 2.33. The van der Waals surface area contributed by atoms with Crippen molar-refractivity contribution in [2.75, 3.05) is 13.1 Å². The van der Waals surface area contributed by atoms with Crippen LogP contribution in [0.5, 0.6) is 0 Å². The minimum atomic E-state index is -0.959. The van der Waals surface area contributed by atoms with E-state index in [1.165, 1.54) is 17.7 Å². The number of carbonyl (C=O) groups excluding carboxylic acids is 1. The summed E-state index contributed by atoms with van der Waals surface area (Å²) in [6, 6.07) is 0.407. The quantitative estimate of drug-likeness (QED) is 0.796. The average molecular weight is 270 g/mol. The van der Waals surface area contributed by atoms with Crippen molar-refractivity contribution in [3.8, 4) is 0 Å². The number of piperidine rings is 1. The van der Waals surface area contributed by atoms with Crippen LogP contribution in [0.2, 0.25) is 0 Å². The number of hydrogen-bond donors (Lipinski definition) is 2. The zero-order valence-electron chi connectivity index (χ0n) is 12.2. The summed E-state index contributed by atoms with van der Waals surface area (Å²) in [6.07, 6.45) is 4.75. The molecule has 0 aromatic carbocycles. The molecule has 110 valence electrons. The fraction of sp³-hybridized carbons (Fsp3) is 0.857. The summed E-state index contributed by atoms with van der Waals surface area (Å²) in [5, 5.41) is 12.3. The highest BCUT2D eigenvalue weighted by Crippen LogP contribution is 2.17. The standard InChI is InChI=1S/C14H26N2O3/c1-14(2,3)16(10-13(18)19)12(17)8-7-11-6-4-5-9-15-11/h11,15H,4-10H2,1-3H3,(H,18,19). The van der Waals surface area contributed by atoms with Gasteiger partial charge in [0.2, 0.25) is 5.91 Å². The summed E-state index contributed by atoms with van der Waals surface area (Å²) in [4.78, 5) is 24.5. The first-order chi connectivity index (χ1) is 8.80. The Morgan fingerprint density at radius 1 is 1.32 bits per heavy atom. The van der Waals surface area contributed by atoms with Gasteiger partial charge in [-0.2, -0.15) is 0 Å². The van der Waals surface area contributed by atoms with Gasteiger partial charge in [-0.3, -0.25) is 9.59 Å². The molecule has 1 amide bonds. The molecule has 0 aromatic rings. The first-order valence-electron chi connectivity index (χ1n) is 7.06. The fourth-order valence-corrected chi connectivity index (χ4v) is 2.44. The molecule has 0 saturated carbocycles. The van der Waals surface area contributed by atoms with Gasteiger partial charge in [-0.1, -0.05) is 6.42 Å². The molecule has 1 aliphatic rings. The third-order valence-corrected chi connectivity index (χ3v) is 3.52. The van der Waals surface area contributed by atoms with Crippen LogP contribution in [0.25, 0.3) is 0 Å². The summed E-state index contributed by atoms with van der Waals surface area (Å²) >= 11 is 0. The first kappa shape index (κ1) is 16.0. The van der Waals surface area contributed by atoms with E-state index in [2.05, 4.69) is 5.32 Å². The molecule has 0 aliphatic carbocycles. The van der Waals surface area contributed by atoms with Crippen molar-refractivity contribution in [2.45, 2.75) is 64.5 Å². The zero-order chi connectivity index (χ0) is 14.5. The molecule has 1 unspecified atom stereocenters. The predicted octanol–water partition coefficient (Wildman–Crippen LogP) is 1.62. The summed E-state index contributed by atoms with van der Waals surface area (Å²) in [5.74, 6) is -1.03. The molecule has 1 rings (SSSR count). The summed E-state index contributed by atoms with van der Waals surface area (Å²) in [6.45, 7) is 6.41. The summed E-state index contributed by atoms with van der Waals surface area (Å²) in [7, 11) is 0. The lowest BCUT2D eigenvalue weighted by atomic mass is 9.99. The van der Waals surface area contributed by atoms with Gasteiger partial charge in [0.15, 0.2) is 0 Å². The van der Waals surface area contributed by atoms with E-state index in [0.717, 1.165) is 19.4 Å². The zero-order valence-corrected chi connectivity index (χ0v) is 12.2. The molecule has 19 heavy (non-hydrogen) atoms. The number of nitrogens with one attached hydrogen (secondary N) is 1. The first-order valence-corrected chi connectivity index (χ1v) is 7.06. The van der Waals surface area contributed by atoms with Crippen molar-refractivity contribution >= 4 is 11.9 Å². The Balaban J connectivity index is 2.49. The van der Waals surface area contributed by atoms with E-state index in [1.807, 2.05) is 20.8 Å². The van der Waals surface area contributed by atoms with Crippen LogP contribution in [0.4, 0.5) is 0 Å². The lowest BCUT2D eigenvalue weighted by Gasteiger charge is -2.35. The molecule has 1 saturated heterocycles. The van der Waals surface area contributed by atoms with Crippen molar-refractivity contribution in [3.63, 3.8) is 0 Å². The third kappa shape index (κ3) is 5.59. The molecule has 1 fully saturated rings. The molecule has 1 heterocycles. The van der Waals surface area contributed by atoms with Crippen molar-refractivity contribution in [2.24, 2.45) is 0 Å². The molecule has 0 aromatic heterocycles. The van der Waals surface area contributed by atoms with Gasteiger partial charge in [0.1, 0.15) is 6.54 Å². The van der Waals surface area contributed by atoms with E-state index < -0.39 is 11.5 Å². The molecule has 1 aliphatic heterocycles. The minimum absolute atomic E-state index is 0.0673. The Bertz CT molecular complexity index is 317. The predicted molar refractivity (Wildman–Crippen MR) is 74.0 cm³/mol. The van der Waals surface area contributed by atoms with E-state index in [0.29, 0.717) is 12.5 Å². The van der Waals surface area contributed by atoms with Crippen LogP contribution in [0, 0.1) is 0 Å². The number of carbonyl (C=O) groups is 2. The molecule has 0 bridgehead atoms. The summed E-state index contributed by atoms with van der Waals surface area (Å²) in [5.41, 5.74) is -0.449. The van der Waals surface area contributed by atoms with Crippen LogP contribution in [0.1, 0.15) is 52.9 Å². The maximum absolute atomic E-state index is 12.2. The van der Waals surface area contributed by atoms with Crippen LogP contribution in [-0.2, 0) is 9.59 Å².